The number of carbonyl (C=O) groups excluding carboxylic acids is 2. The SMILES string of the molecule is C=CCN1C(=O)S/C(=C\c2cc(Cl)c(O)c(Br)c2)C1=O. The van der Waals surface area contributed by atoms with E-state index in [0.717, 1.165) is 16.7 Å². The maximum atomic E-state index is 12.0. The van der Waals surface area contributed by atoms with Crippen molar-refractivity contribution in [2.75, 3.05) is 6.54 Å². The molecule has 1 aromatic rings. The highest BCUT2D eigenvalue weighted by Gasteiger charge is 2.34. The summed E-state index contributed by atoms with van der Waals surface area (Å²) in [6.45, 7) is 3.69. The number of aromatic hydroxyl groups is 1. The number of benzene rings is 1. The lowest BCUT2D eigenvalue weighted by atomic mass is 10.2. The highest BCUT2D eigenvalue weighted by molar-refractivity contribution is 9.10. The molecule has 1 N–H and O–H groups in total. The maximum absolute atomic E-state index is 12.0. The van der Waals surface area contributed by atoms with Crippen LogP contribution in [0.25, 0.3) is 6.08 Å². The molecule has 4 nitrogen and oxygen atoms in total. The average molecular weight is 375 g/mol. The highest BCUT2D eigenvalue weighted by atomic mass is 79.9. The van der Waals surface area contributed by atoms with Gasteiger partial charge >= 0.3 is 0 Å². The molecule has 1 aromatic carbocycles. The van der Waals surface area contributed by atoms with Gasteiger partial charge in [0, 0.05) is 6.54 Å². The average Bonchev–Trinajstić information content (AvgIpc) is 2.64. The smallest absolute Gasteiger partial charge is 0.293 e. The number of imide groups is 1. The van der Waals surface area contributed by atoms with Crippen molar-refractivity contribution in [3.8, 4) is 5.75 Å². The first-order valence-electron chi connectivity index (χ1n) is 5.48. The molecule has 0 atom stereocenters. The Bertz CT molecular complexity index is 621. The van der Waals surface area contributed by atoms with E-state index in [1.807, 2.05) is 0 Å². The zero-order chi connectivity index (χ0) is 14.9. The van der Waals surface area contributed by atoms with Gasteiger partial charge in [0.1, 0.15) is 5.75 Å². The van der Waals surface area contributed by atoms with Crippen molar-refractivity contribution in [2.45, 2.75) is 0 Å². The van der Waals surface area contributed by atoms with Gasteiger partial charge in [0.15, 0.2) is 0 Å². The van der Waals surface area contributed by atoms with Crippen molar-refractivity contribution < 1.29 is 14.7 Å². The van der Waals surface area contributed by atoms with E-state index in [-0.39, 0.29) is 28.5 Å². The van der Waals surface area contributed by atoms with E-state index in [9.17, 15) is 14.7 Å². The molecule has 2 rings (SSSR count). The lowest BCUT2D eigenvalue weighted by molar-refractivity contribution is -0.122. The normalized spacial score (nSPS) is 17.1. The first kappa shape index (κ1) is 15.2. The molecule has 0 bridgehead atoms. The van der Waals surface area contributed by atoms with E-state index in [0.29, 0.717) is 14.9 Å². The lowest BCUT2D eigenvalue weighted by Crippen LogP contribution is -2.27. The van der Waals surface area contributed by atoms with Crippen molar-refractivity contribution in [3.63, 3.8) is 0 Å². The third-order valence-corrected chi connectivity index (χ3v) is 4.32. The summed E-state index contributed by atoms with van der Waals surface area (Å²) in [5.74, 6) is -0.427. The number of halogens is 2. The van der Waals surface area contributed by atoms with E-state index < -0.39 is 0 Å². The van der Waals surface area contributed by atoms with Crippen molar-refractivity contribution in [3.05, 3.63) is 44.8 Å². The minimum atomic E-state index is -0.361. The number of hydrogen-bond acceptors (Lipinski definition) is 4. The molecule has 1 heterocycles. The van der Waals surface area contributed by atoms with Crippen molar-refractivity contribution in [1.82, 2.24) is 4.90 Å². The minimum Gasteiger partial charge on any atom is -0.505 e. The van der Waals surface area contributed by atoms with Crippen LogP contribution in [0.4, 0.5) is 4.79 Å². The third-order valence-electron chi connectivity index (χ3n) is 2.52. The van der Waals surface area contributed by atoms with E-state index in [1.54, 1.807) is 12.1 Å². The van der Waals surface area contributed by atoms with Crippen LogP contribution in [0.3, 0.4) is 0 Å². The zero-order valence-electron chi connectivity index (χ0n) is 10.1. The molecule has 0 unspecified atom stereocenters. The number of nitrogens with zero attached hydrogens (tertiary/aromatic N) is 1. The Morgan fingerprint density at radius 2 is 2.15 bits per heavy atom. The maximum Gasteiger partial charge on any atom is 0.293 e. The molecule has 1 aliphatic rings. The van der Waals surface area contributed by atoms with Crippen LogP contribution in [0, 0.1) is 0 Å². The largest absolute Gasteiger partial charge is 0.505 e. The van der Waals surface area contributed by atoms with Crippen LogP contribution in [-0.4, -0.2) is 27.7 Å². The highest BCUT2D eigenvalue weighted by Crippen LogP contribution is 2.36. The lowest BCUT2D eigenvalue weighted by Gasteiger charge is -2.07. The van der Waals surface area contributed by atoms with E-state index in [1.165, 1.54) is 12.1 Å². The van der Waals surface area contributed by atoms with Crippen LogP contribution < -0.4 is 0 Å². The standard InChI is InChI=1S/C13H9BrClNO3S/c1-2-3-16-12(18)10(20-13(16)19)6-7-4-8(14)11(17)9(15)5-7/h2,4-6,17H,1,3H2/b10-6-. The molecule has 0 aliphatic carbocycles. The Labute approximate surface area is 133 Å². The number of phenolic OH excluding ortho intramolecular Hbond substituents is 1. The Kier molecular flexibility index (Phi) is 4.57. The molecular weight excluding hydrogens is 366 g/mol. The van der Waals surface area contributed by atoms with Crippen LogP contribution in [0.2, 0.25) is 5.02 Å². The van der Waals surface area contributed by atoms with Crippen molar-refractivity contribution in [2.24, 2.45) is 0 Å². The zero-order valence-corrected chi connectivity index (χ0v) is 13.3. The summed E-state index contributed by atoms with van der Waals surface area (Å²) < 4.78 is 0.418. The van der Waals surface area contributed by atoms with Crippen LogP contribution in [-0.2, 0) is 4.79 Å². The van der Waals surface area contributed by atoms with Crippen LogP contribution >= 0.6 is 39.3 Å². The summed E-state index contributed by atoms with van der Waals surface area (Å²) in [6, 6.07) is 3.13. The summed E-state index contributed by atoms with van der Waals surface area (Å²) in [5, 5.41) is 9.39. The second-order valence-electron chi connectivity index (χ2n) is 3.91. The predicted octanol–water partition coefficient (Wildman–Crippen LogP) is 4.03. The van der Waals surface area contributed by atoms with E-state index in [4.69, 9.17) is 11.6 Å². The molecule has 0 spiro atoms. The molecule has 0 radical (unpaired) electrons. The number of hydrogen-bond donors (Lipinski definition) is 1. The van der Waals surface area contributed by atoms with Gasteiger partial charge in [-0.1, -0.05) is 17.7 Å². The molecule has 2 amide bonds. The van der Waals surface area contributed by atoms with Gasteiger partial charge < -0.3 is 5.11 Å². The van der Waals surface area contributed by atoms with Gasteiger partial charge in [0.05, 0.1) is 14.4 Å². The van der Waals surface area contributed by atoms with E-state index >= 15 is 0 Å². The van der Waals surface area contributed by atoms with Gasteiger partial charge in [0.25, 0.3) is 11.1 Å². The predicted molar refractivity (Wildman–Crippen MR) is 83.7 cm³/mol. The molecular formula is C13H9BrClNO3S. The first-order chi connectivity index (χ1) is 9.43. The fourth-order valence-corrected chi connectivity index (χ4v) is 3.27. The first-order valence-corrected chi connectivity index (χ1v) is 7.47. The number of rotatable bonds is 3. The second kappa shape index (κ2) is 6.03. The van der Waals surface area contributed by atoms with Gasteiger partial charge in [-0.25, -0.2) is 0 Å². The summed E-state index contributed by atoms with van der Waals surface area (Å²) >= 11 is 9.88. The van der Waals surface area contributed by atoms with Crippen molar-refractivity contribution >= 4 is 56.5 Å². The summed E-state index contributed by atoms with van der Waals surface area (Å²) in [7, 11) is 0. The molecule has 20 heavy (non-hydrogen) atoms. The second-order valence-corrected chi connectivity index (χ2v) is 6.17. The summed E-state index contributed by atoms with van der Waals surface area (Å²) in [6.07, 6.45) is 3.05. The summed E-state index contributed by atoms with van der Waals surface area (Å²) in [4.78, 5) is 25.1. The molecule has 0 aromatic heterocycles. The Hall–Kier alpha value is -1.24. The fourth-order valence-electron chi connectivity index (χ4n) is 1.61. The number of phenols is 1. The van der Waals surface area contributed by atoms with Gasteiger partial charge in [-0.3, -0.25) is 14.5 Å². The quantitative estimate of drug-likeness (QED) is 0.641. The van der Waals surface area contributed by atoms with Crippen LogP contribution in [0.15, 0.2) is 34.2 Å². The van der Waals surface area contributed by atoms with Gasteiger partial charge in [-0.15, -0.1) is 6.58 Å². The Balaban J connectivity index is 2.35. The van der Waals surface area contributed by atoms with Crippen molar-refractivity contribution in [1.29, 1.82) is 0 Å². The van der Waals surface area contributed by atoms with Gasteiger partial charge in [-0.2, -0.15) is 0 Å². The van der Waals surface area contributed by atoms with Crippen LogP contribution in [0.5, 0.6) is 5.75 Å². The van der Waals surface area contributed by atoms with E-state index in [2.05, 4.69) is 22.5 Å². The molecule has 7 heteroatoms. The third kappa shape index (κ3) is 2.92. The fraction of sp³-hybridized carbons (Fsp3) is 0.0769. The molecule has 1 saturated heterocycles. The monoisotopic (exact) mass is 373 g/mol. The number of carbonyl (C=O) groups is 2. The summed E-state index contributed by atoms with van der Waals surface area (Å²) in [5.41, 5.74) is 0.615. The number of thioether (sulfide) groups is 1. The molecule has 1 aliphatic heterocycles. The topological polar surface area (TPSA) is 57.6 Å². The van der Waals surface area contributed by atoms with Gasteiger partial charge in [0.2, 0.25) is 0 Å². The van der Waals surface area contributed by atoms with Crippen LogP contribution in [0.1, 0.15) is 5.56 Å². The molecule has 104 valence electrons. The van der Waals surface area contributed by atoms with Gasteiger partial charge in [-0.05, 0) is 51.5 Å². The molecule has 0 saturated carbocycles. The Morgan fingerprint density at radius 1 is 1.45 bits per heavy atom. The number of amides is 2. The minimum absolute atomic E-state index is 0.0661. The Morgan fingerprint density at radius 3 is 2.75 bits per heavy atom. The molecule has 1 fully saturated rings.